The Bertz CT molecular complexity index is 668. The van der Waals surface area contributed by atoms with Gasteiger partial charge in [0.1, 0.15) is 5.82 Å². The second-order valence-corrected chi connectivity index (χ2v) is 6.21. The number of nitrogens with zero attached hydrogens (tertiary/aromatic N) is 5. The van der Waals surface area contributed by atoms with E-state index >= 15 is 0 Å². The number of guanidine groups is 1. The van der Waals surface area contributed by atoms with Crippen LogP contribution in [0.25, 0.3) is 0 Å². The number of hydrogen-bond acceptors (Lipinski definition) is 4. The van der Waals surface area contributed by atoms with Crippen molar-refractivity contribution in [3.05, 3.63) is 41.5 Å². The third-order valence-electron chi connectivity index (χ3n) is 3.74. The number of hydrogen-bond donors (Lipinski definition) is 1. The van der Waals surface area contributed by atoms with Crippen LogP contribution in [0.5, 0.6) is 0 Å². The van der Waals surface area contributed by atoms with Gasteiger partial charge in [-0.1, -0.05) is 12.1 Å². The zero-order valence-corrected chi connectivity index (χ0v) is 17.9. The zero-order valence-electron chi connectivity index (χ0n) is 14.8. The molecule has 0 bridgehead atoms. The van der Waals surface area contributed by atoms with Crippen LogP contribution in [-0.2, 0) is 20.1 Å². The summed E-state index contributed by atoms with van der Waals surface area (Å²) >= 11 is 1.75. The highest BCUT2D eigenvalue weighted by atomic mass is 127. The van der Waals surface area contributed by atoms with E-state index in [1.807, 2.05) is 25.6 Å². The Morgan fingerprint density at radius 2 is 1.96 bits per heavy atom. The minimum atomic E-state index is 0. The van der Waals surface area contributed by atoms with Crippen molar-refractivity contribution < 1.29 is 0 Å². The number of aromatic nitrogens is 3. The van der Waals surface area contributed by atoms with E-state index < -0.39 is 0 Å². The highest BCUT2D eigenvalue weighted by Gasteiger charge is 2.09. The molecule has 8 heteroatoms. The first-order chi connectivity index (χ1) is 11.0. The second-order valence-electron chi connectivity index (χ2n) is 5.33. The van der Waals surface area contributed by atoms with Gasteiger partial charge in [-0.2, -0.15) is 0 Å². The van der Waals surface area contributed by atoms with Crippen molar-refractivity contribution >= 4 is 41.7 Å². The Morgan fingerprint density at radius 1 is 1.29 bits per heavy atom. The summed E-state index contributed by atoms with van der Waals surface area (Å²) in [5.41, 5.74) is 1.25. The number of nitrogens with one attached hydrogen (secondary N) is 1. The lowest BCUT2D eigenvalue weighted by Crippen LogP contribution is -2.38. The lowest BCUT2D eigenvalue weighted by atomic mass is 10.2. The average Bonchev–Trinajstić information content (AvgIpc) is 2.88. The maximum Gasteiger partial charge on any atom is 0.194 e. The van der Waals surface area contributed by atoms with Crippen LogP contribution in [-0.4, -0.2) is 46.0 Å². The second kappa shape index (κ2) is 9.87. The molecule has 0 saturated carbocycles. The molecule has 1 N–H and O–H groups in total. The van der Waals surface area contributed by atoms with E-state index in [4.69, 9.17) is 0 Å². The van der Waals surface area contributed by atoms with Crippen molar-refractivity contribution in [3.63, 3.8) is 0 Å². The van der Waals surface area contributed by atoms with Crippen molar-refractivity contribution in [2.24, 2.45) is 12.0 Å². The summed E-state index contributed by atoms with van der Waals surface area (Å²) in [6.45, 7) is 3.33. The molecule has 6 nitrogen and oxygen atoms in total. The van der Waals surface area contributed by atoms with Gasteiger partial charge >= 0.3 is 0 Å². The fraction of sp³-hybridized carbons (Fsp3) is 0.438. The number of rotatable bonds is 5. The van der Waals surface area contributed by atoms with Crippen LogP contribution < -0.4 is 5.32 Å². The molecule has 2 aromatic rings. The van der Waals surface area contributed by atoms with Crippen LogP contribution in [0.15, 0.2) is 34.2 Å². The maximum atomic E-state index is 4.34. The summed E-state index contributed by atoms with van der Waals surface area (Å²) < 4.78 is 1.97. The van der Waals surface area contributed by atoms with Gasteiger partial charge in [-0.25, -0.2) is 0 Å². The Kier molecular flexibility index (Phi) is 8.54. The monoisotopic (exact) mass is 460 g/mol. The van der Waals surface area contributed by atoms with Gasteiger partial charge < -0.3 is 14.8 Å². The summed E-state index contributed by atoms with van der Waals surface area (Å²) in [7, 11) is 5.78. The minimum Gasteiger partial charge on any atom is -0.349 e. The molecule has 132 valence electrons. The van der Waals surface area contributed by atoms with E-state index in [1.54, 1.807) is 18.8 Å². The van der Waals surface area contributed by atoms with Gasteiger partial charge in [0.15, 0.2) is 11.8 Å². The number of aliphatic imine (C=N–C) groups is 1. The predicted octanol–water partition coefficient (Wildman–Crippen LogP) is 2.67. The van der Waals surface area contributed by atoms with E-state index in [9.17, 15) is 0 Å². The number of halogens is 1. The zero-order chi connectivity index (χ0) is 16.8. The molecule has 2 rings (SSSR count). The van der Waals surface area contributed by atoms with Crippen LogP contribution in [0, 0.1) is 6.92 Å². The van der Waals surface area contributed by atoms with Crippen molar-refractivity contribution in [2.75, 3.05) is 20.4 Å². The highest BCUT2D eigenvalue weighted by Crippen LogP contribution is 2.15. The van der Waals surface area contributed by atoms with Crippen LogP contribution in [0.2, 0.25) is 0 Å². The molecule has 0 atom stereocenters. The standard InChI is InChI=1S/C16H24N6S.HI/c1-12-19-20-15(22(12)4)10-18-16(17-2)21(3)11-13-6-8-14(23-5)9-7-13;/h6-9H,10-11H2,1-5H3,(H,17,18);1H. The lowest BCUT2D eigenvalue weighted by Gasteiger charge is -2.22. The van der Waals surface area contributed by atoms with Crippen LogP contribution >= 0.6 is 35.7 Å². The van der Waals surface area contributed by atoms with Gasteiger partial charge in [0.05, 0.1) is 6.54 Å². The van der Waals surface area contributed by atoms with Gasteiger partial charge in [0.2, 0.25) is 0 Å². The summed E-state index contributed by atoms with van der Waals surface area (Å²) in [5, 5.41) is 11.6. The quantitative estimate of drug-likeness (QED) is 0.322. The molecule has 1 heterocycles. The third kappa shape index (κ3) is 5.37. The van der Waals surface area contributed by atoms with Crippen molar-refractivity contribution in [3.8, 4) is 0 Å². The summed E-state index contributed by atoms with van der Waals surface area (Å²) in [6, 6.07) is 8.60. The van der Waals surface area contributed by atoms with Gasteiger partial charge in [0.25, 0.3) is 0 Å². The van der Waals surface area contributed by atoms with Crippen molar-refractivity contribution in [2.45, 2.75) is 24.9 Å². The van der Waals surface area contributed by atoms with E-state index in [-0.39, 0.29) is 24.0 Å². The predicted molar refractivity (Wildman–Crippen MR) is 111 cm³/mol. The molecule has 0 unspecified atom stereocenters. The van der Waals surface area contributed by atoms with Crippen molar-refractivity contribution in [1.82, 2.24) is 25.0 Å². The highest BCUT2D eigenvalue weighted by molar-refractivity contribution is 14.0. The molecule has 0 aliphatic rings. The lowest BCUT2D eigenvalue weighted by molar-refractivity contribution is 0.474. The van der Waals surface area contributed by atoms with Gasteiger partial charge in [0, 0.05) is 32.6 Å². The van der Waals surface area contributed by atoms with E-state index in [0.29, 0.717) is 6.54 Å². The van der Waals surface area contributed by atoms with Gasteiger partial charge in [-0.3, -0.25) is 4.99 Å². The molecule has 0 fully saturated rings. The minimum absolute atomic E-state index is 0. The molecule has 0 saturated heterocycles. The summed E-state index contributed by atoms with van der Waals surface area (Å²) in [4.78, 5) is 7.71. The molecule has 1 aromatic heterocycles. The molecule has 24 heavy (non-hydrogen) atoms. The normalized spacial score (nSPS) is 11.1. The van der Waals surface area contributed by atoms with Gasteiger partial charge in [-0.05, 0) is 30.9 Å². The Morgan fingerprint density at radius 3 is 2.46 bits per heavy atom. The first-order valence-electron chi connectivity index (χ1n) is 7.44. The summed E-state index contributed by atoms with van der Waals surface area (Å²) in [5.74, 6) is 2.62. The largest absolute Gasteiger partial charge is 0.349 e. The van der Waals surface area contributed by atoms with Crippen LogP contribution in [0.4, 0.5) is 0 Å². The molecule has 0 aliphatic carbocycles. The molecule has 1 aromatic carbocycles. The van der Waals surface area contributed by atoms with Crippen LogP contribution in [0.1, 0.15) is 17.2 Å². The molecule has 0 radical (unpaired) electrons. The molecule has 0 aliphatic heterocycles. The molecular formula is C16H25IN6S. The SMILES string of the molecule is CN=C(NCc1nnc(C)n1C)N(C)Cc1ccc(SC)cc1.I. The first kappa shape index (κ1) is 20.8. The third-order valence-corrected chi connectivity index (χ3v) is 4.48. The molecule has 0 spiro atoms. The Labute approximate surface area is 165 Å². The number of benzene rings is 1. The smallest absolute Gasteiger partial charge is 0.194 e. The van der Waals surface area contributed by atoms with Gasteiger partial charge in [-0.15, -0.1) is 45.9 Å². The topological polar surface area (TPSA) is 58.3 Å². The first-order valence-corrected chi connectivity index (χ1v) is 8.67. The van der Waals surface area contributed by atoms with E-state index in [1.165, 1.54) is 10.5 Å². The van der Waals surface area contributed by atoms with Crippen LogP contribution in [0.3, 0.4) is 0 Å². The fourth-order valence-corrected chi connectivity index (χ4v) is 2.64. The van der Waals surface area contributed by atoms with E-state index in [0.717, 1.165) is 24.2 Å². The number of aryl methyl sites for hydroxylation is 1. The maximum absolute atomic E-state index is 4.34. The Balaban J connectivity index is 0.00000288. The fourth-order valence-electron chi connectivity index (χ4n) is 2.23. The Hall–Kier alpha value is -1.29. The molecule has 0 amide bonds. The molecular weight excluding hydrogens is 435 g/mol. The van der Waals surface area contributed by atoms with E-state index in [2.05, 4.69) is 55.9 Å². The van der Waals surface area contributed by atoms with Crippen molar-refractivity contribution in [1.29, 1.82) is 0 Å². The summed E-state index contributed by atoms with van der Waals surface area (Å²) in [6.07, 6.45) is 2.08. The number of thioether (sulfide) groups is 1. The average molecular weight is 460 g/mol.